The summed E-state index contributed by atoms with van der Waals surface area (Å²) in [4.78, 5) is 23.1. The molecule has 1 aliphatic rings. The highest BCUT2D eigenvalue weighted by molar-refractivity contribution is 6.18. The third-order valence-corrected chi connectivity index (χ3v) is 3.74. The number of benzene rings is 2. The Hall–Kier alpha value is -3.01. The summed E-state index contributed by atoms with van der Waals surface area (Å²) in [6, 6.07) is 19.7. The van der Waals surface area contributed by atoms with Crippen LogP contribution in [-0.2, 0) is 4.79 Å². The van der Waals surface area contributed by atoms with Gasteiger partial charge in [-0.1, -0.05) is 66.7 Å². The molecule has 0 radical (unpaired) electrons. The van der Waals surface area contributed by atoms with E-state index in [-0.39, 0.29) is 5.91 Å². The molecule has 0 aliphatic carbocycles. The average Bonchev–Trinajstić information content (AvgIpc) is 2.96. The van der Waals surface area contributed by atoms with Gasteiger partial charge >= 0.3 is 0 Å². The molecule has 0 spiro atoms. The van der Waals surface area contributed by atoms with Crippen LogP contribution in [0.2, 0.25) is 0 Å². The molecule has 4 heteroatoms. The Morgan fingerprint density at radius 3 is 2.38 bits per heavy atom. The number of allylic oxidation sites excluding steroid dienone is 1. The molecule has 0 atom stereocenters. The van der Waals surface area contributed by atoms with Crippen molar-refractivity contribution in [3.8, 4) is 0 Å². The van der Waals surface area contributed by atoms with Gasteiger partial charge in [0.15, 0.2) is 0 Å². The van der Waals surface area contributed by atoms with Crippen LogP contribution in [0.5, 0.6) is 0 Å². The number of nitrogens with zero attached hydrogens (tertiary/aromatic N) is 3. The second-order valence-corrected chi connectivity index (χ2v) is 5.38. The van der Waals surface area contributed by atoms with Crippen LogP contribution in [0.25, 0.3) is 0 Å². The van der Waals surface area contributed by atoms with Gasteiger partial charge in [0.05, 0.1) is 6.54 Å². The lowest BCUT2D eigenvalue weighted by atomic mass is 10.2. The molecule has 0 unspecified atom stereocenters. The van der Waals surface area contributed by atoms with E-state index >= 15 is 0 Å². The molecule has 0 N–H and O–H groups in total. The molecule has 24 heavy (non-hydrogen) atoms. The first-order chi connectivity index (χ1) is 11.8. The van der Waals surface area contributed by atoms with Gasteiger partial charge in [-0.3, -0.25) is 14.7 Å². The van der Waals surface area contributed by atoms with E-state index in [1.807, 2.05) is 73.8 Å². The van der Waals surface area contributed by atoms with E-state index in [1.54, 1.807) is 11.0 Å². The molecular weight excluding hydrogens is 298 g/mol. The zero-order chi connectivity index (χ0) is 16.8. The zero-order valence-electron chi connectivity index (χ0n) is 13.6. The Labute approximate surface area is 141 Å². The quantitative estimate of drug-likeness (QED) is 0.616. The lowest BCUT2D eigenvalue weighted by molar-refractivity contribution is -0.122. The van der Waals surface area contributed by atoms with Crippen LogP contribution in [0.15, 0.2) is 82.4 Å². The summed E-state index contributed by atoms with van der Waals surface area (Å²) in [5.74, 6) is 0.634. The minimum absolute atomic E-state index is 0.0636. The Balaban J connectivity index is 1.72. The van der Waals surface area contributed by atoms with Gasteiger partial charge in [-0.05, 0) is 12.5 Å². The standard InChI is InChI=1S/C20H19N3O/c1-2-18-20(24)23(19(22-18)17-11-7-4-8-12-17)14-13-21-15-16-9-5-3-6-10-16/h2-12,15H,13-14H2,1H3/b18-2-,21-15?. The van der Waals surface area contributed by atoms with Crippen LogP contribution in [-0.4, -0.2) is 35.9 Å². The van der Waals surface area contributed by atoms with Crippen molar-refractivity contribution < 1.29 is 4.79 Å². The van der Waals surface area contributed by atoms with Gasteiger partial charge in [-0.25, -0.2) is 4.99 Å². The van der Waals surface area contributed by atoms with Crippen molar-refractivity contribution in [2.45, 2.75) is 6.92 Å². The molecule has 3 rings (SSSR count). The smallest absolute Gasteiger partial charge is 0.277 e. The van der Waals surface area contributed by atoms with E-state index in [4.69, 9.17) is 0 Å². The Morgan fingerprint density at radius 2 is 1.71 bits per heavy atom. The number of hydrogen-bond acceptors (Lipinski definition) is 3. The summed E-state index contributed by atoms with van der Waals surface area (Å²) in [6.45, 7) is 2.87. The fourth-order valence-electron chi connectivity index (χ4n) is 2.53. The number of carbonyl (C=O) groups is 1. The Kier molecular flexibility index (Phi) is 4.96. The SMILES string of the molecule is C/C=C1\N=C(c2ccccc2)N(CCN=Cc2ccccc2)C1=O. The molecule has 1 heterocycles. The third kappa shape index (κ3) is 3.49. The van der Waals surface area contributed by atoms with Gasteiger partial charge in [0.2, 0.25) is 0 Å². The third-order valence-electron chi connectivity index (χ3n) is 3.74. The lowest BCUT2D eigenvalue weighted by Crippen LogP contribution is -2.34. The van der Waals surface area contributed by atoms with Crippen LogP contribution in [0.4, 0.5) is 0 Å². The van der Waals surface area contributed by atoms with Crippen molar-refractivity contribution in [2.24, 2.45) is 9.98 Å². The molecule has 4 nitrogen and oxygen atoms in total. The van der Waals surface area contributed by atoms with E-state index < -0.39 is 0 Å². The highest BCUT2D eigenvalue weighted by Crippen LogP contribution is 2.19. The average molecular weight is 317 g/mol. The van der Waals surface area contributed by atoms with Gasteiger partial charge in [0.25, 0.3) is 5.91 Å². The number of carbonyl (C=O) groups excluding carboxylic acids is 1. The fourth-order valence-corrected chi connectivity index (χ4v) is 2.53. The minimum atomic E-state index is -0.0636. The van der Waals surface area contributed by atoms with Gasteiger partial charge in [-0.2, -0.15) is 0 Å². The number of amidine groups is 1. The maximum Gasteiger partial charge on any atom is 0.277 e. The number of aliphatic imine (C=N–C) groups is 2. The molecule has 1 amide bonds. The van der Waals surface area contributed by atoms with Gasteiger partial charge < -0.3 is 0 Å². The molecular formula is C20H19N3O. The molecule has 1 aliphatic heterocycles. The van der Waals surface area contributed by atoms with E-state index in [1.165, 1.54) is 0 Å². The summed E-state index contributed by atoms with van der Waals surface area (Å²) >= 11 is 0. The van der Waals surface area contributed by atoms with Crippen LogP contribution in [0, 0.1) is 0 Å². The van der Waals surface area contributed by atoms with Gasteiger partial charge in [-0.15, -0.1) is 0 Å². The summed E-state index contributed by atoms with van der Waals surface area (Å²) in [7, 11) is 0. The predicted molar refractivity (Wildman–Crippen MR) is 97.4 cm³/mol. The van der Waals surface area contributed by atoms with Crippen molar-refractivity contribution in [3.63, 3.8) is 0 Å². The van der Waals surface area contributed by atoms with Crippen LogP contribution >= 0.6 is 0 Å². The molecule has 0 saturated carbocycles. The maximum atomic E-state index is 12.5. The minimum Gasteiger partial charge on any atom is -0.291 e. The molecule has 0 fully saturated rings. The van der Waals surface area contributed by atoms with Crippen LogP contribution in [0.3, 0.4) is 0 Å². The molecule has 0 aromatic heterocycles. The first-order valence-corrected chi connectivity index (χ1v) is 7.97. The lowest BCUT2D eigenvalue weighted by Gasteiger charge is -2.17. The van der Waals surface area contributed by atoms with Crippen molar-refractivity contribution >= 4 is 18.0 Å². The largest absolute Gasteiger partial charge is 0.291 e. The summed E-state index contributed by atoms with van der Waals surface area (Å²) in [5.41, 5.74) is 2.48. The normalized spacial score (nSPS) is 16.2. The van der Waals surface area contributed by atoms with Crippen molar-refractivity contribution in [1.82, 2.24) is 4.90 Å². The monoisotopic (exact) mass is 317 g/mol. The van der Waals surface area contributed by atoms with Crippen LogP contribution < -0.4 is 0 Å². The predicted octanol–water partition coefficient (Wildman–Crippen LogP) is 3.30. The topological polar surface area (TPSA) is 45.0 Å². The second kappa shape index (κ2) is 7.51. The van der Waals surface area contributed by atoms with Gasteiger partial charge in [0.1, 0.15) is 11.5 Å². The first-order valence-electron chi connectivity index (χ1n) is 7.97. The van der Waals surface area contributed by atoms with E-state index in [9.17, 15) is 4.79 Å². The van der Waals surface area contributed by atoms with E-state index in [0.717, 1.165) is 11.1 Å². The van der Waals surface area contributed by atoms with E-state index in [0.29, 0.717) is 24.6 Å². The van der Waals surface area contributed by atoms with Crippen LogP contribution in [0.1, 0.15) is 18.1 Å². The highest BCUT2D eigenvalue weighted by atomic mass is 16.2. The highest BCUT2D eigenvalue weighted by Gasteiger charge is 2.29. The zero-order valence-corrected chi connectivity index (χ0v) is 13.6. The Morgan fingerprint density at radius 1 is 1.04 bits per heavy atom. The Bertz CT molecular complexity index is 792. The summed E-state index contributed by atoms with van der Waals surface area (Å²) < 4.78 is 0. The van der Waals surface area contributed by atoms with Crippen molar-refractivity contribution in [2.75, 3.05) is 13.1 Å². The second-order valence-electron chi connectivity index (χ2n) is 5.38. The van der Waals surface area contributed by atoms with E-state index in [2.05, 4.69) is 9.98 Å². The van der Waals surface area contributed by atoms with Crippen molar-refractivity contribution in [3.05, 3.63) is 83.6 Å². The summed E-state index contributed by atoms with van der Waals surface area (Å²) in [5, 5.41) is 0. The number of amides is 1. The molecule has 120 valence electrons. The molecule has 0 saturated heterocycles. The first kappa shape index (κ1) is 15.9. The summed E-state index contributed by atoms with van der Waals surface area (Å²) in [6.07, 6.45) is 3.58. The fraction of sp³-hybridized carbons (Fsp3) is 0.150. The molecule has 2 aromatic rings. The number of hydrogen-bond donors (Lipinski definition) is 0. The van der Waals surface area contributed by atoms with Gasteiger partial charge in [0, 0.05) is 18.3 Å². The molecule has 0 bridgehead atoms. The van der Waals surface area contributed by atoms with Crippen molar-refractivity contribution in [1.29, 1.82) is 0 Å². The number of rotatable bonds is 5. The molecule has 2 aromatic carbocycles. The maximum absolute atomic E-state index is 12.5.